The lowest BCUT2D eigenvalue weighted by atomic mass is 10.2. The number of rotatable bonds is 6. The fourth-order valence-electron chi connectivity index (χ4n) is 1.97. The van der Waals surface area contributed by atoms with Crippen molar-refractivity contribution < 1.29 is 9.59 Å². The number of hydrogen-bond acceptors (Lipinski definition) is 4. The minimum absolute atomic E-state index is 0.151. The van der Waals surface area contributed by atoms with Crippen molar-refractivity contribution >= 4 is 39.6 Å². The lowest BCUT2D eigenvalue weighted by Crippen LogP contribution is -2.34. The van der Waals surface area contributed by atoms with E-state index < -0.39 is 5.91 Å². The highest BCUT2D eigenvalue weighted by atomic mass is 79.9. The van der Waals surface area contributed by atoms with E-state index in [0.29, 0.717) is 5.56 Å². The van der Waals surface area contributed by atoms with Gasteiger partial charge in [-0.05, 0) is 35.9 Å². The maximum absolute atomic E-state index is 11.9. The van der Waals surface area contributed by atoms with E-state index in [1.165, 1.54) is 0 Å². The molecule has 2 rings (SSSR count). The van der Waals surface area contributed by atoms with Crippen LogP contribution >= 0.6 is 15.9 Å². The van der Waals surface area contributed by atoms with Crippen molar-refractivity contribution in [1.29, 1.82) is 0 Å². The molecule has 130 valence electrons. The van der Waals surface area contributed by atoms with Crippen LogP contribution < -0.4 is 15.6 Å². The Morgan fingerprint density at radius 3 is 2.52 bits per heavy atom. The predicted molar refractivity (Wildman–Crippen MR) is 103 cm³/mol. The molecule has 0 aliphatic carbocycles. The Kier molecular flexibility index (Phi) is 6.71. The Bertz CT molecular complexity index is 773. The summed E-state index contributed by atoms with van der Waals surface area (Å²) in [6, 6.07) is 14.7. The number of carbonyl (C=O) groups is 2. The number of nitrogens with one attached hydrogen (secondary N) is 2. The summed E-state index contributed by atoms with van der Waals surface area (Å²) < 4.78 is 0.800. The summed E-state index contributed by atoms with van der Waals surface area (Å²) >= 11 is 3.30. The number of halogens is 1. The van der Waals surface area contributed by atoms with E-state index >= 15 is 0 Å². The molecule has 0 unspecified atom stereocenters. The second kappa shape index (κ2) is 8.98. The fraction of sp³-hybridized carbons (Fsp3) is 0.167. The van der Waals surface area contributed by atoms with Crippen LogP contribution in [0.5, 0.6) is 0 Å². The third kappa shape index (κ3) is 6.04. The molecule has 0 heterocycles. The number of carbonyl (C=O) groups excluding carboxylic acids is 2. The number of hydrogen-bond donors (Lipinski definition) is 2. The van der Waals surface area contributed by atoms with E-state index in [1.807, 2.05) is 49.3 Å². The molecule has 2 aromatic carbocycles. The van der Waals surface area contributed by atoms with Gasteiger partial charge < -0.3 is 10.2 Å². The van der Waals surface area contributed by atoms with Crippen LogP contribution in [-0.2, 0) is 4.79 Å². The van der Waals surface area contributed by atoms with E-state index in [4.69, 9.17) is 0 Å². The van der Waals surface area contributed by atoms with E-state index in [1.54, 1.807) is 24.4 Å². The summed E-state index contributed by atoms with van der Waals surface area (Å²) in [7, 11) is 3.93. The zero-order valence-electron chi connectivity index (χ0n) is 14.0. The second-order valence-corrected chi connectivity index (χ2v) is 6.39. The quantitative estimate of drug-likeness (QED) is 0.575. The smallest absolute Gasteiger partial charge is 0.259 e. The molecule has 2 amide bonds. The Balaban J connectivity index is 1.79. The van der Waals surface area contributed by atoms with E-state index in [2.05, 4.69) is 31.8 Å². The summed E-state index contributed by atoms with van der Waals surface area (Å²) in [5.74, 6) is -0.718. The van der Waals surface area contributed by atoms with Crippen molar-refractivity contribution in [3.05, 3.63) is 64.1 Å². The lowest BCUT2D eigenvalue weighted by molar-refractivity contribution is -0.120. The zero-order valence-corrected chi connectivity index (χ0v) is 15.6. The summed E-state index contributed by atoms with van der Waals surface area (Å²) in [4.78, 5) is 25.6. The molecular weight excluding hydrogens is 384 g/mol. The molecule has 2 N–H and O–H groups in total. The molecule has 25 heavy (non-hydrogen) atoms. The third-order valence-corrected chi connectivity index (χ3v) is 3.80. The minimum Gasteiger partial charge on any atom is -0.378 e. The summed E-state index contributed by atoms with van der Waals surface area (Å²) in [6.45, 7) is -0.151. The first kappa shape index (κ1) is 18.7. The lowest BCUT2D eigenvalue weighted by Gasteiger charge is -2.11. The highest BCUT2D eigenvalue weighted by Gasteiger charge is 2.07. The maximum Gasteiger partial charge on any atom is 0.259 e. The number of hydrazone groups is 1. The van der Waals surface area contributed by atoms with E-state index in [9.17, 15) is 9.59 Å². The molecule has 0 aliphatic heterocycles. The Morgan fingerprint density at radius 1 is 1.16 bits per heavy atom. The Labute approximate surface area is 155 Å². The maximum atomic E-state index is 11.9. The topological polar surface area (TPSA) is 73.8 Å². The SMILES string of the molecule is CN(C)c1ccc(/C=N\NC(=O)CNC(=O)c2cccc(Br)c2)cc1. The predicted octanol–water partition coefficient (Wildman–Crippen LogP) is 2.40. The molecular formula is C18H19BrN4O2. The van der Waals surface area contributed by atoms with Crippen LogP contribution in [0.15, 0.2) is 58.1 Å². The molecule has 2 aromatic rings. The normalized spacial score (nSPS) is 10.5. The van der Waals surface area contributed by atoms with Gasteiger partial charge in [0.2, 0.25) is 0 Å². The number of anilines is 1. The van der Waals surface area contributed by atoms with Crippen LogP contribution in [-0.4, -0.2) is 38.7 Å². The van der Waals surface area contributed by atoms with Crippen LogP contribution in [0, 0.1) is 0 Å². The van der Waals surface area contributed by atoms with Crippen molar-refractivity contribution in [2.24, 2.45) is 5.10 Å². The summed E-state index contributed by atoms with van der Waals surface area (Å²) in [5.41, 5.74) is 4.81. The molecule has 0 aromatic heterocycles. The summed E-state index contributed by atoms with van der Waals surface area (Å²) in [6.07, 6.45) is 1.55. The Morgan fingerprint density at radius 2 is 1.88 bits per heavy atom. The van der Waals surface area contributed by atoms with Gasteiger partial charge >= 0.3 is 0 Å². The van der Waals surface area contributed by atoms with Crippen molar-refractivity contribution in [1.82, 2.24) is 10.7 Å². The highest BCUT2D eigenvalue weighted by Crippen LogP contribution is 2.11. The third-order valence-electron chi connectivity index (χ3n) is 3.31. The molecule has 0 bridgehead atoms. The van der Waals surface area contributed by atoms with Gasteiger partial charge in [0.25, 0.3) is 11.8 Å². The largest absolute Gasteiger partial charge is 0.378 e. The number of nitrogens with zero attached hydrogens (tertiary/aromatic N) is 2. The molecule has 7 heteroatoms. The molecule has 0 saturated heterocycles. The standard InChI is InChI=1S/C18H19BrN4O2/c1-23(2)16-8-6-13(7-9-16)11-21-22-17(24)12-20-18(25)14-4-3-5-15(19)10-14/h3-11H,12H2,1-2H3,(H,20,25)(H,22,24)/b21-11-. The Hall–Kier alpha value is -2.67. The number of benzene rings is 2. The molecule has 0 fully saturated rings. The van der Waals surface area contributed by atoms with Gasteiger partial charge in [-0.2, -0.15) is 5.10 Å². The average molecular weight is 403 g/mol. The van der Waals surface area contributed by atoms with Crippen molar-refractivity contribution in [2.45, 2.75) is 0 Å². The van der Waals surface area contributed by atoms with E-state index in [0.717, 1.165) is 15.7 Å². The molecule has 0 spiro atoms. The van der Waals surface area contributed by atoms with Gasteiger partial charge in [-0.25, -0.2) is 5.43 Å². The highest BCUT2D eigenvalue weighted by molar-refractivity contribution is 9.10. The van der Waals surface area contributed by atoms with Gasteiger partial charge in [0.1, 0.15) is 0 Å². The van der Waals surface area contributed by atoms with Gasteiger partial charge in [-0.1, -0.05) is 34.1 Å². The van der Waals surface area contributed by atoms with Gasteiger partial charge in [0, 0.05) is 29.8 Å². The summed E-state index contributed by atoms with van der Waals surface area (Å²) in [5, 5.41) is 6.43. The van der Waals surface area contributed by atoms with E-state index in [-0.39, 0.29) is 12.5 Å². The number of amides is 2. The molecule has 0 saturated carbocycles. The second-order valence-electron chi connectivity index (χ2n) is 5.47. The van der Waals surface area contributed by atoms with Crippen LogP contribution in [0.2, 0.25) is 0 Å². The average Bonchev–Trinajstić information content (AvgIpc) is 2.60. The van der Waals surface area contributed by atoms with Crippen molar-refractivity contribution in [3.8, 4) is 0 Å². The zero-order chi connectivity index (χ0) is 18.2. The van der Waals surface area contributed by atoms with Gasteiger partial charge in [-0.3, -0.25) is 9.59 Å². The van der Waals surface area contributed by atoms with Crippen molar-refractivity contribution in [2.75, 3.05) is 25.5 Å². The van der Waals surface area contributed by atoms with Crippen molar-refractivity contribution in [3.63, 3.8) is 0 Å². The van der Waals surface area contributed by atoms with Gasteiger partial charge in [-0.15, -0.1) is 0 Å². The molecule has 6 nitrogen and oxygen atoms in total. The molecule has 0 atom stereocenters. The monoisotopic (exact) mass is 402 g/mol. The van der Waals surface area contributed by atoms with Crippen LogP contribution in [0.3, 0.4) is 0 Å². The molecule has 0 aliphatic rings. The molecule has 0 radical (unpaired) electrons. The first-order valence-electron chi connectivity index (χ1n) is 7.59. The van der Waals surface area contributed by atoms with Gasteiger partial charge in [0.15, 0.2) is 0 Å². The van der Waals surface area contributed by atoms with Crippen LogP contribution in [0.1, 0.15) is 15.9 Å². The fourth-order valence-corrected chi connectivity index (χ4v) is 2.37. The minimum atomic E-state index is -0.399. The van der Waals surface area contributed by atoms with Crippen LogP contribution in [0.25, 0.3) is 0 Å². The van der Waals surface area contributed by atoms with Crippen LogP contribution in [0.4, 0.5) is 5.69 Å². The first-order valence-corrected chi connectivity index (χ1v) is 8.38. The van der Waals surface area contributed by atoms with Gasteiger partial charge in [0.05, 0.1) is 12.8 Å². The first-order chi connectivity index (χ1) is 12.0.